The average molecular weight is 289 g/mol. The van der Waals surface area contributed by atoms with Crippen molar-refractivity contribution >= 4 is 0 Å². The first kappa shape index (κ1) is 14.9. The van der Waals surface area contributed by atoms with E-state index in [-0.39, 0.29) is 6.04 Å². The van der Waals surface area contributed by atoms with Crippen LogP contribution >= 0.6 is 0 Å². The zero-order valence-electron chi connectivity index (χ0n) is 13.2. The summed E-state index contributed by atoms with van der Waals surface area (Å²) >= 11 is 0. The lowest BCUT2D eigenvalue weighted by Crippen LogP contribution is -2.40. The van der Waals surface area contributed by atoms with E-state index < -0.39 is 6.10 Å². The minimum absolute atomic E-state index is 0.180. The molecule has 3 rings (SSSR count). The zero-order valence-corrected chi connectivity index (χ0v) is 13.2. The highest BCUT2D eigenvalue weighted by Gasteiger charge is 2.33. The first-order chi connectivity index (χ1) is 10.2. The number of hydrogen-bond acceptors (Lipinski definition) is 3. The maximum Gasteiger partial charge on any atom is 0.118 e. The van der Waals surface area contributed by atoms with Gasteiger partial charge in [-0.1, -0.05) is 12.1 Å². The van der Waals surface area contributed by atoms with Crippen LogP contribution in [0.5, 0.6) is 5.75 Å². The molecule has 0 amide bonds. The topological polar surface area (TPSA) is 32.7 Å². The monoisotopic (exact) mass is 289 g/mol. The number of benzene rings is 1. The van der Waals surface area contributed by atoms with Crippen molar-refractivity contribution in [1.29, 1.82) is 0 Å². The number of nitrogens with zero attached hydrogens (tertiary/aromatic N) is 1. The van der Waals surface area contributed by atoms with Gasteiger partial charge >= 0.3 is 0 Å². The van der Waals surface area contributed by atoms with Crippen molar-refractivity contribution in [3.63, 3.8) is 0 Å². The summed E-state index contributed by atoms with van der Waals surface area (Å²) in [5.74, 6) is 2.58. The predicted octanol–water partition coefficient (Wildman–Crippen LogP) is 3.24. The highest BCUT2D eigenvalue weighted by molar-refractivity contribution is 5.29. The van der Waals surface area contributed by atoms with Crippen LogP contribution in [0.2, 0.25) is 0 Å². The summed E-state index contributed by atoms with van der Waals surface area (Å²) in [6.07, 6.45) is 5.05. The Kier molecular flexibility index (Phi) is 4.51. The van der Waals surface area contributed by atoms with E-state index in [1.54, 1.807) is 7.11 Å². The first-order valence-corrected chi connectivity index (χ1v) is 8.23. The number of aliphatic hydroxyl groups excluding tert-OH is 1. The molecule has 2 atom stereocenters. The molecule has 2 aliphatic carbocycles. The Hall–Kier alpha value is -1.06. The van der Waals surface area contributed by atoms with Crippen molar-refractivity contribution in [2.75, 3.05) is 20.2 Å². The third-order valence-electron chi connectivity index (χ3n) is 4.87. The minimum atomic E-state index is -0.423. The van der Waals surface area contributed by atoms with Gasteiger partial charge in [-0.05, 0) is 62.1 Å². The van der Waals surface area contributed by atoms with Crippen LogP contribution in [0.3, 0.4) is 0 Å². The lowest BCUT2D eigenvalue weighted by atomic mass is 10.0. The second kappa shape index (κ2) is 6.37. The fourth-order valence-corrected chi connectivity index (χ4v) is 2.95. The van der Waals surface area contributed by atoms with Crippen molar-refractivity contribution in [2.45, 2.75) is 44.8 Å². The molecule has 2 fully saturated rings. The van der Waals surface area contributed by atoms with Crippen molar-refractivity contribution in [1.82, 2.24) is 4.90 Å². The molecule has 2 saturated carbocycles. The largest absolute Gasteiger partial charge is 0.497 e. The Balaban J connectivity index is 1.65. The number of rotatable bonds is 8. The third kappa shape index (κ3) is 3.98. The fraction of sp³-hybridized carbons (Fsp3) is 0.667. The highest BCUT2D eigenvalue weighted by Crippen LogP contribution is 2.36. The van der Waals surface area contributed by atoms with Crippen LogP contribution in [0.4, 0.5) is 0 Å². The summed E-state index contributed by atoms with van der Waals surface area (Å²) in [5.41, 5.74) is 0.986. The second-order valence-electron chi connectivity index (χ2n) is 6.80. The number of ether oxygens (including phenoxy) is 1. The molecule has 0 bridgehead atoms. The molecular formula is C18H27NO2. The van der Waals surface area contributed by atoms with Gasteiger partial charge in [0.15, 0.2) is 0 Å². The van der Waals surface area contributed by atoms with Crippen LogP contribution < -0.4 is 4.74 Å². The zero-order chi connectivity index (χ0) is 14.8. The molecule has 0 aliphatic heterocycles. The van der Waals surface area contributed by atoms with Crippen LogP contribution in [0.15, 0.2) is 24.3 Å². The quantitative estimate of drug-likeness (QED) is 0.797. The maximum absolute atomic E-state index is 10.7. The van der Waals surface area contributed by atoms with Crippen LogP contribution in [0.25, 0.3) is 0 Å². The van der Waals surface area contributed by atoms with E-state index in [0.29, 0.717) is 0 Å². The first-order valence-electron chi connectivity index (χ1n) is 8.23. The van der Waals surface area contributed by atoms with Crippen molar-refractivity contribution in [3.05, 3.63) is 29.8 Å². The summed E-state index contributed by atoms with van der Waals surface area (Å²) in [6.45, 7) is 4.48. The molecule has 0 saturated heterocycles. The van der Waals surface area contributed by atoms with Gasteiger partial charge in [0.1, 0.15) is 5.75 Å². The second-order valence-corrected chi connectivity index (χ2v) is 6.80. The van der Waals surface area contributed by atoms with E-state index in [1.807, 2.05) is 24.3 Å². The smallest absolute Gasteiger partial charge is 0.118 e. The summed E-state index contributed by atoms with van der Waals surface area (Å²) in [7, 11) is 1.67. The lowest BCUT2D eigenvalue weighted by molar-refractivity contribution is 0.0522. The van der Waals surface area contributed by atoms with Gasteiger partial charge in [-0.2, -0.15) is 0 Å². The molecule has 2 unspecified atom stereocenters. The maximum atomic E-state index is 10.7. The third-order valence-corrected chi connectivity index (χ3v) is 4.87. The standard InChI is InChI=1S/C18H27NO2/c1-13(18(20)16-7-9-17(21-2)10-8-16)19(11-14-3-4-14)12-15-5-6-15/h7-10,13-15,18,20H,3-6,11-12H2,1-2H3. The molecule has 21 heavy (non-hydrogen) atoms. The van der Waals surface area contributed by atoms with Gasteiger partial charge in [-0.25, -0.2) is 0 Å². The molecular weight excluding hydrogens is 262 g/mol. The van der Waals surface area contributed by atoms with Gasteiger partial charge in [0.2, 0.25) is 0 Å². The van der Waals surface area contributed by atoms with Crippen molar-refractivity contribution in [2.24, 2.45) is 11.8 Å². The number of aliphatic hydroxyl groups is 1. The van der Waals surface area contributed by atoms with E-state index in [2.05, 4.69) is 11.8 Å². The van der Waals surface area contributed by atoms with E-state index in [1.165, 1.54) is 25.7 Å². The molecule has 0 radical (unpaired) electrons. The van der Waals surface area contributed by atoms with E-state index in [4.69, 9.17) is 4.74 Å². The Bertz CT molecular complexity index is 437. The Morgan fingerprint density at radius 3 is 2.05 bits per heavy atom. The van der Waals surface area contributed by atoms with Crippen LogP contribution in [0, 0.1) is 11.8 Å². The molecule has 2 aliphatic rings. The SMILES string of the molecule is COc1ccc(C(O)C(C)N(CC2CC2)CC2CC2)cc1. The molecule has 0 aromatic heterocycles. The fourth-order valence-electron chi connectivity index (χ4n) is 2.95. The molecule has 3 nitrogen and oxygen atoms in total. The molecule has 0 heterocycles. The van der Waals surface area contributed by atoms with Crippen molar-refractivity contribution < 1.29 is 9.84 Å². The lowest BCUT2D eigenvalue weighted by Gasteiger charge is -2.33. The van der Waals surface area contributed by atoms with E-state index in [0.717, 1.165) is 36.2 Å². The van der Waals surface area contributed by atoms with Gasteiger partial charge in [0.25, 0.3) is 0 Å². The Morgan fingerprint density at radius 1 is 1.10 bits per heavy atom. The van der Waals surface area contributed by atoms with Gasteiger partial charge in [-0.15, -0.1) is 0 Å². The van der Waals surface area contributed by atoms with Gasteiger partial charge < -0.3 is 9.84 Å². The Morgan fingerprint density at radius 2 is 1.62 bits per heavy atom. The predicted molar refractivity (Wildman–Crippen MR) is 84.4 cm³/mol. The molecule has 1 N–H and O–H groups in total. The minimum Gasteiger partial charge on any atom is -0.497 e. The van der Waals surface area contributed by atoms with Gasteiger partial charge in [-0.3, -0.25) is 4.90 Å². The molecule has 116 valence electrons. The highest BCUT2D eigenvalue weighted by atomic mass is 16.5. The van der Waals surface area contributed by atoms with Gasteiger partial charge in [0.05, 0.1) is 13.2 Å². The van der Waals surface area contributed by atoms with Crippen LogP contribution in [-0.2, 0) is 0 Å². The average Bonchev–Trinajstić information content (AvgIpc) is 3.41. The molecule has 1 aromatic rings. The summed E-state index contributed by atoms with van der Waals surface area (Å²) in [6, 6.07) is 7.99. The van der Waals surface area contributed by atoms with Crippen LogP contribution in [-0.4, -0.2) is 36.2 Å². The Labute approximate surface area is 127 Å². The van der Waals surface area contributed by atoms with E-state index in [9.17, 15) is 5.11 Å². The number of methoxy groups -OCH3 is 1. The molecule has 0 spiro atoms. The summed E-state index contributed by atoms with van der Waals surface area (Å²) in [5, 5.41) is 10.7. The summed E-state index contributed by atoms with van der Waals surface area (Å²) < 4.78 is 5.19. The van der Waals surface area contributed by atoms with Crippen molar-refractivity contribution in [3.8, 4) is 5.75 Å². The molecule has 3 heteroatoms. The summed E-state index contributed by atoms with van der Waals surface area (Å²) in [4.78, 5) is 2.52. The van der Waals surface area contributed by atoms with E-state index >= 15 is 0 Å². The number of hydrogen-bond donors (Lipinski definition) is 1. The van der Waals surface area contributed by atoms with Crippen LogP contribution in [0.1, 0.15) is 44.3 Å². The van der Waals surface area contributed by atoms with Gasteiger partial charge in [0, 0.05) is 19.1 Å². The molecule has 1 aromatic carbocycles. The normalized spacial score (nSPS) is 21.3.